The summed E-state index contributed by atoms with van der Waals surface area (Å²) in [5, 5.41) is 4.96. The maximum absolute atomic E-state index is 14.0. The first-order chi connectivity index (χ1) is 17.4. The number of nitrogens with one attached hydrogen (secondary N) is 2. The van der Waals surface area contributed by atoms with Crippen molar-refractivity contribution in [1.29, 1.82) is 0 Å². The average Bonchev–Trinajstić information content (AvgIpc) is 3.07. The van der Waals surface area contributed by atoms with Crippen LogP contribution in [0.4, 0.5) is 14.9 Å². The van der Waals surface area contributed by atoms with E-state index in [1.807, 2.05) is 0 Å². The van der Waals surface area contributed by atoms with Gasteiger partial charge in [0.15, 0.2) is 9.84 Å². The van der Waals surface area contributed by atoms with Crippen LogP contribution in [0.1, 0.15) is 25.8 Å². The van der Waals surface area contributed by atoms with Crippen molar-refractivity contribution >= 4 is 43.4 Å². The number of sulfone groups is 1. The molecule has 2 aromatic rings. The Balaban J connectivity index is 1.52. The lowest BCUT2D eigenvalue weighted by molar-refractivity contribution is -0.134. The summed E-state index contributed by atoms with van der Waals surface area (Å²) < 4.78 is 65.5. The smallest absolute Gasteiger partial charge is 0.325 e. The Hall–Kier alpha value is -3.36. The van der Waals surface area contributed by atoms with Crippen LogP contribution in [0.15, 0.2) is 52.3 Å². The standard InChI is InChI=1S/C23H25FN4O7S2/c1-3-27(4-2)37(34,35)17-8-6-16(7-9-17)25-20(29)14-28-21(30)23(26-22(28)31)11-12-36(32,33)19-10-5-15(24)13-18(19)23/h5-10,13H,3-4,11-12,14H2,1-2H3,(H,25,29)(H,26,31)/t23-/m0/s1. The molecule has 4 amide bonds. The molecule has 0 bridgehead atoms. The average molecular weight is 553 g/mol. The van der Waals surface area contributed by atoms with Crippen molar-refractivity contribution in [2.45, 2.75) is 35.6 Å². The van der Waals surface area contributed by atoms with Crippen LogP contribution in [0, 0.1) is 5.82 Å². The van der Waals surface area contributed by atoms with Gasteiger partial charge in [-0.1, -0.05) is 13.8 Å². The maximum Gasteiger partial charge on any atom is 0.325 e. The summed E-state index contributed by atoms with van der Waals surface area (Å²) in [5.41, 5.74) is -1.74. The zero-order chi connectivity index (χ0) is 27.2. The highest BCUT2D eigenvalue weighted by atomic mass is 32.2. The fourth-order valence-electron chi connectivity index (χ4n) is 4.53. The normalized spacial score (nSPS) is 20.7. The lowest BCUT2D eigenvalue weighted by atomic mass is 9.86. The van der Waals surface area contributed by atoms with Crippen molar-refractivity contribution in [2.75, 3.05) is 30.7 Å². The van der Waals surface area contributed by atoms with Gasteiger partial charge in [-0.15, -0.1) is 0 Å². The zero-order valence-electron chi connectivity index (χ0n) is 20.0. The highest BCUT2D eigenvalue weighted by Crippen LogP contribution is 2.41. The van der Waals surface area contributed by atoms with Gasteiger partial charge < -0.3 is 10.6 Å². The summed E-state index contributed by atoms with van der Waals surface area (Å²) in [4.78, 5) is 39.1. The lowest BCUT2D eigenvalue weighted by Crippen LogP contribution is -2.49. The summed E-state index contributed by atoms with van der Waals surface area (Å²) in [5.74, 6) is -2.83. The molecular weight excluding hydrogens is 527 g/mol. The topological polar surface area (TPSA) is 150 Å². The third-order valence-electron chi connectivity index (χ3n) is 6.44. The highest BCUT2D eigenvalue weighted by molar-refractivity contribution is 7.91. The number of fused-ring (bicyclic) bond motifs is 2. The van der Waals surface area contributed by atoms with E-state index in [9.17, 15) is 35.6 Å². The minimum Gasteiger partial charge on any atom is -0.325 e. The van der Waals surface area contributed by atoms with Gasteiger partial charge in [-0.25, -0.2) is 26.0 Å². The van der Waals surface area contributed by atoms with E-state index in [0.29, 0.717) is 18.0 Å². The summed E-state index contributed by atoms with van der Waals surface area (Å²) in [7, 11) is -7.47. The number of hydrogen-bond acceptors (Lipinski definition) is 7. The molecule has 37 heavy (non-hydrogen) atoms. The molecule has 2 heterocycles. The molecule has 1 fully saturated rings. The first-order valence-corrected chi connectivity index (χ1v) is 14.5. The van der Waals surface area contributed by atoms with Crippen LogP contribution in [0.3, 0.4) is 0 Å². The number of sulfonamides is 1. The SMILES string of the molecule is CCN(CC)S(=O)(=O)c1ccc(NC(=O)CN2C(=O)N[C@]3(CCS(=O)(=O)c4ccc(F)cc43)C2=O)cc1. The number of benzene rings is 2. The Morgan fingerprint density at radius 3 is 2.41 bits per heavy atom. The number of carbonyl (C=O) groups is 3. The van der Waals surface area contributed by atoms with Crippen LogP contribution in [0.2, 0.25) is 0 Å². The summed E-state index contributed by atoms with van der Waals surface area (Å²) in [6.45, 7) is 3.35. The molecule has 1 atom stereocenters. The third kappa shape index (κ3) is 4.60. The molecule has 198 valence electrons. The summed E-state index contributed by atoms with van der Waals surface area (Å²) in [6, 6.07) is 7.43. The number of imide groups is 1. The van der Waals surface area contributed by atoms with Crippen molar-refractivity contribution in [2.24, 2.45) is 0 Å². The summed E-state index contributed by atoms with van der Waals surface area (Å²) >= 11 is 0. The van der Waals surface area contributed by atoms with Crippen LogP contribution in [0.25, 0.3) is 0 Å². The number of amides is 4. The molecule has 2 aromatic carbocycles. The first kappa shape index (κ1) is 26.7. The Morgan fingerprint density at radius 2 is 1.78 bits per heavy atom. The molecule has 1 saturated heterocycles. The Labute approximate surface area is 213 Å². The second kappa shape index (κ2) is 9.50. The van der Waals surface area contributed by atoms with E-state index in [4.69, 9.17) is 0 Å². The van der Waals surface area contributed by atoms with Crippen LogP contribution in [0.5, 0.6) is 0 Å². The van der Waals surface area contributed by atoms with Gasteiger partial charge in [-0.05, 0) is 48.9 Å². The van der Waals surface area contributed by atoms with Crippen molar-refractivity contribution in [3.63, 3.8) is 0 Å². The summed E-state index contributed by atoms with van der Waals surface area (Å²) in [6.07, 6.45) is -0.309. The van der Waals surface area contributed by atoms with Crippen molar-refractivity contribution in [3.05, 3.63) is 53.8 Å². The van der Waals surface area contributed by atoms with Crippen LogP contribution in [-0.4, -0.2) is 69.3 Å². The molecule has 4 rings (SSSR count). The number of urea groups is 1. The molecule has 2 N–H and O–H groups in total. The maximum atomic E-state index is 14.0. The molecule has 0 unspecified atom stereocenters. The van der Waals surface area contributed by atoms with E-state index in [0.717, 1.165) is 18.2 Å². The minimum absolute atomic E-state index is 0.0448. The van der Waals surface area contributed by atoms with Gasteiger partial charge in [-0.2, -0.15) is 4.31 Å². The van der Waals surface area contributed by atoms with E-state index in [-0.39, 0.29) is 27.5 Å². The Kier molecular flexibility index (Phi) is 6.86. The minimum atomic E-state index is -3.78. The van der Waals surface area contributed by atoms with Crippen LogP contribution in [-0.2, 0) is 35.0 Å². The van der Waals surface area contributed by atoms with Crippen molar-refractivity contribution in [1.82, 2.24) is 14.5 Å². The predicted molar refractivity (Wildman–Crippen MR) is 130 cm³/mol. The van der Waals surface area contributed by atoms with Gasteiger partial charge in [-0.3, -0.25) is 14.5 Å². The first-order valence-electron chi connectivity index (χ1n) is 11.4. The van der Waals surface area contributed by atoms with Gasteiger partial charge in [0.25, 0.3) is 5.91 Å². The van der Waals surface area contributed by atoms with E-state index in [1.165, 1.54) is 28.6 Å². The van der Waals surface area contributed by atoms with Gasteiger partial charge in [0.05, 0.1) is 15.5 Å². The Morgan fingerprint density at radius 1 is 1.14 bits per heavy atom. The third-order valence-corrected chi connectivity index (χ3v) is 10.3. The van der Waals surface area contributed by atoms with Crippen molar-refractivity contribution in [3.8, 4) is 0 Å². The molecule has 2 aliphatic rings. The number of rotatable bonds is 7. The fourth-order valence-corrected chi connectivity index (χ4v) is 7.62. The van der Waals surface area contributed by atoms with Crippen molar-refractivity contribution < 1.29 is 35.6 Å². The molecular formula is C23H25FN4O7S2. The zero-order valence-corrected chi connectivity index (χ0v) is 21.7. The molecule has 2 aliphatic heterocycles. The number of hydrogen-bond donors (Lipinski definition) is 2. The second-order valence-corrected chi connectivity index (χ2v) is 12.6. The highest BCUT2D eigenvalue weighted by Gasteiger charge is 2.56. The number of nitrogens with zero attached hydrogens (tertiary/aromatic N) is 2. The molecule has 1 spiro atoms. The van der Waals surface area contributed by atoms with E-state index >= 15 is 0 Å². The quantitative estimate of drug-likeness (QED) is 0.390. The number of carbonyl (C=O) groups excluding carboxylic acids is 3. The molecule has 14 heteroatoms. The van der Waals surface area contributed by atoms with E-state index in [1.54, 1.807) is 13.8 Å². The fraction of sp³-hybridized carbons (Fsp3) is 0.348. The number of halogens is 1. The number of anilines is 1. The lowest BCUT2D eigenvalue weighted by Gasteiger charge is -2.32. The molecule has 0 aromatic heterocycles. The van der Waals surface area contributed by atoms with Gasteiger partial charge >= 0.3 is 6.03 Å². The molecule has 0 aliphatic carbocycles. The molecule has 0 saturated carbocycles. The van der Waals surface area contributed by atoms with E-state index in [2.05, 4.69) is 10.6 Å². The molecule has 11 nitrogen and oxygen atoms in total. The van der Waals surface area contributed by atoms with Crippen LogP contribution >= 0.6 is 0 Å². The Bertz CT molecular complexity index is 1490. The van der Waals surface area contributed by atoms with Gasteiger partial charge in [0.2, 0.25) is 15.9 Å². The second-order valence-electron chi connectivity index (χ2n) is 8.60. The van der Waals surface area contributed by atoms with Gasteiger partial charge in [0.1, 0.15) is 17.9 Å². The molecule has 0 radical (unpaired) electrons. The largest absolute Gasteiger partial charge is 0.325 e. The van der Waals surface area contributed by atoms with Crippen LogP contribution < -0.4 is 10.6 Å². The van der Waals surface area contributed by atoms with Gasteiger partial charge in [0, 0.05) is 24.3 Å². The predicted octanol–water partition coefficient (Wildman–Crippen LogP) is 1.42. The van der Waals surface area contributed by atoms with E-state index < -0.39 is 61.4 Å². The monoisotopic (exact) mass is 552 g/mol.